The number of rotatable bonds is 9. The highest BCUT2D eigenvalue weighted by Gasteiger charge is 2.36. The van der Waals surface area contributed by atoms with Gasteiger partial charge in [0.15, 0.2) is 0 Å². The molecular formula is C20H21F3O2. The van der Waals surface area contributed by atoms with E-state index in [2.05, 4.69) is 0 Å². The molecule has 0 saturated carbocycles. The van der Waals surface area contributed by atoms with Crippen molar-refractivity contribution in [3.63, 3.8) is 0 Å². The van der Waals surface area contributed by atoms with Crippen LogP contribution in [0.2, 0.25) is 0 Å². The number of halogens is 3. The second-order valence-electron chi connectivity index (χ2n) is 5.82. The van der Waals surface area contributed by atoms with Gasteiger partial charge in [0.1, 0.15) is 5.75 Å². The molecule has 2 aromatic rings. The molecule has 0 radical (unpaired) electrons. The van der Waals surface area contributed by atoms with Crippen molar-refractivity contribution in [2.24, 2.45) is 0 Å². The van der Waals surface area contributed by atoms with E-state index in [1.807, 2.05) is 54.6 Å². The molecule has 0 saturated heterocycles. The Kier molecular flexibility index (Phi) is 7.04. The molecule has 2 nitrogen and oxygen atoms in total. The molecule has 2 rings (SSSR count). The Morgan fingerprint density at radius 2 is 1.40 bits per heavy atom. The number of carbonyl (C=O) groups is 1. The molecule has 0 fully saturated rings. The predicted molar refractivity (Wildman–Crippen MR) is 91.5 cm³/mol. The van der Waals surface area contributed by atoms with Gasteiger partial charge in [0, 0.05) is 6.42 Å². The molecule has 25 heavy (non-hydrogen) atoms. The molecule has 0 bridgehead atoms. The van der Waals surface area contributed by atoms with Crippen LogP contribution in [0, 0.1) is 0 Å². The van der Waals surface area contributed by atoms with E-state index >= 15 is 0 Å². The van der Waals surface area contributed by atoms with Gasteiger partial charge in [-0.25, -0.2) is 0 Å². The lowest BCUT2D eigenvalue weighted by Crippen LogP contribution is -2.22. The Balaban J connectivity index is 1.62. The summed E-state index contributed by atoms with van der Waals surface area (Å²) in [5.41, 5.74) is 2.25. The standard InChI is InChI=1S/C20H21F3O2/c21-20(22,23)19(24)10-6-1-2-7-15-25-18-13-11-17(12-14-18)16-8-4-3-5-9-16/h3-5,8-9,11-14H,1-2,6-7,10,15H2. The van der Waals surface area contributed by atoms with Gasteiger partial charge in [-0.15, -0.1) is 0 Å². The minimum Gasteiger partial charge on any atom is -0.494 e. The van der Waals surface area contributed by atoms with E-state index < -0.39 is 18.4 Å². The summed E-state index contributed by atoms with van der Waals surface area (Å²) in [7, 11) is 0. The van der Waals surface area contributed by atoms with Crippen LogP contribution in [0.1, 0.15) is 32.1 Å². The molecule has 0 N–H and O–H groups in total. The number of ketones is 1. The first kappa shape index (κ1) is 19.0. The van der Waals surface area contributed by atoms with Crippen LogP contribution in [0.3, 0.4) is 0 Å². The number of hydrogen-bond acceptors (Lipinski definition) is 2. The molecule has 0 spiro atoms. The van der Waals surface area contributed by atoms with Crippen LogP contribution in [0.15, 0.2) is 54.6 Å². The van der Waals surface area contributed by atoms with Crippen molar-refractivity contribution >= 4 is 5.78 Å². The summed E-state index contributed by atoms with van der Waals surface area (Å²) in [6, 6.07) is 17.8. The Morgan fingerprint density at radius 3 is 2.04 bits per heavy atom. The molecule has 0 unspecified atom stereocenters. The molecule has 134 valence electrons. The van der Waals surface area contributed by atoms with Gasteiger partial charge in [-0.1, -0.05) is 55.3 Å². The zero-order valence-corrected chi connectivity index (χ0v) is 13.9. The minimum atomic E-state index is -4.70. The summed E-state index contributed by atoms with van der Waals surface area (Å²) in [4.78, 5) is 10.7. The summed E-state index contributed by atoms with van der Waals surface area (Å²) in [6.07, 6.45) is -2.77. The van der Waals surface area contributed by atoms with E-state index in [0.717, 1.165) is 29.7 Å². The zero-order valence-electron chi connectivity index (χ0n) is 13.9. The Bertz CT molecular complexity index is 649. The number of unbranched alkanes of at least 4 members (excludes halogenated alkanes) is 3. The largest absolute Gasteiger partial charge is 0.494 e. The van der Waals surface area contributed by atoms with Crippen molar-refractivity contribution in [1.82, 2.24) is 0 Å². The summed E-state index contributed by atoms with van der Waals surface area (Å²) in [5.74, 6) is -0.866. The third-order valence-corrected chi connectivity index (χ3v) is 3.84. The highest BCUT2D eigenvalue weighted by molar-refractivity contribution is 5.83. The molecule has 0 aromatic heterocycles. The number of carbonyl (C=O) groups excluding carboxylic acids is 1. The normalized spacial score (nSPS) is 11.3. The average molecular weight is 350 g/mol. The molecule has 5 heteroatoms. The first-order valence-electron chi connectivity index (χ1n) is 8.35. The first-order valence-corrected chi connectivity index (χ1v) is 8.35. The maximum atomic E-state index is 12.0. The summed E-state index contributed by atoms with van der Waals surface area (Å²) in [5, 5.41) is 0. The quantitative estimate of drug-likeness (QED) is 0.533. The summed E-state index contributed by atoms with van der Waals surface area (Å²) in [6.45, 7) is 0.512. The Hall–Kier alpha value is -2.30. The maximum Gasteiger partial charge on any atom is 0.449 e. The molecule has 0 amide bonds. The van der Waals surface area contributed by atoms with Crippen molar-refractivity contribution in [3.05, 3.63) is 54.6 Å². The highest BCUT2D eigenvalue weighted by Crippen LogP contribution is 2.22. The molecule has 0 heterocycles. The van der Waals surface area contributed by atoms with Gasteiger partial charge in [-0.3, -0.25) is 4.79 Å². The molecule has 0 aliphatic rings. The number of ether oxygens (including phenoxy) is 1. The van der Waals surface area contributed by atoms with Crippen LogP contribution >= 0.6 is 0 Å². The van der Waals surface area contributed by atoms with Crippen LogP contribution in [-0.4, -0.2) is 18.6 Å². The Labute approximate surface area is 145 Å². The van der Waals surface area contributed by atoms with E-state index in [1.54, 1.807) is 0 Å². The second kappa shape index (κ2) is 9.25. The fourth-order valence-electron chi connectivity index (χ4n) is 2.45. The lowest BCUT2D eigenvalue weighted by molar-refractivity contribution is -0.171. The lowest BCUT2D eigenvalue weighted by atomic mass is 10.1. The fraction of sp³-hybridized carbons (Fsp3) is 0.350. The SMILES string of the molecule is O=C(CCCCCCOc1ccc(-c2ccccc2)cc1)C(F)(F)F. The van der Waals surface area contributed by atoms with Crippen LogP contribution in [-0.2, 0) is 4.79 Å². The van der Waals surface area contributed by atoms with Gasteiger partial charge in [-0.2, -0.15) is 13.2 Å². The van der Waals surface area contributed by atoms with Crippen LogP contribution < -0.4 is 4.74 Å². The van der Waals surface area contributed by atoms with E-state index in [9.17, 15) is 18.0 Å². The van der Waals surface area contributed by atoms with E-state index in [0.29, 0.717) is 13.0 Å². The maximum absolute atomic E-state index is 12.0. The smallest absolute Gasteiger partial charge is 0.449 e. The molecule has 2 aromatic carbocycles. The summed E-state index contributed by atoms with van der Waals surface area (Å²) >= 11 is 0. The van der Waals surface area contributed by atoms with Crippen LogP contribution in [0.5, 0.6) is 5.75 Å². The Morgan fingerprint density at radius 1 is 0.800 bits per heavy atom. The third kappa shape index (κ3) is 6.61. The van der Waals surface area contributed by atoms with Crippen molar-refractivity contribution < 1.29 is 22.7 Å². The minimum absolute atomic E-state index is 0.268. The zero-order chi connectivity index (χ0) is 18.1. The van der Waals surface area contributed by atoms with Crippen molar-refractivity contribution in [2.75, 3.05) is 6.61 Å². The van der Waals surface area contributed by atoms with Gasteiger partial charge in [0.2, 0.25) is 5.78 Å². The monoisotopic (exact) mass is 350 g/mol. The van der Waals surface area contributed by atoms with Gasteiger partial charge in [0.05, 0.1) is 6.61 Å². The number of alkyl halides is 3. The molecular weight excluding hydrogens is 329 g/mol. The predicted octanol–water partition coefficient (Wildman–Crippen LogP) is 5.81. The number of hydrogen-bond donors (Lipinski definition) is 0. The highest BCUT2D eigenvalue weighted by atomic mass is 19.4. The number of benzene rings is 2. The van der Waals surface area contributed by atoms with Gasteiger partial charge in [-0.05, 0) is 36.1 Å². The average Bonchev–Trinajstić information content (AvgIpc) is 2.61. The molecule has 0 atom stereocenters. The molecule has 0 aliphatic heterocycles. The van der Waals surface area contributed by atoms with Gasteiger partial charge in [0.25, 0.3) is 0 Å². The van der Waals surface area contributed by atoms with E-state index in [-0.39, 0.29) is 6.42 Å². The van der Waals surface area contributed by atoms with Crippen molar-refractivity contribution in [1.29, 1.82) is 0 Å². The topological polar surface area (TPSA) is 26.3 Å². The fourth-order valence-corrected chi connectivity index (χ4v) is 2.45. The van der Waals surface area contributed by atoms with Crippen LogP contribution in [0.25, 0.3) is 11.1 Å². The second-order valence-corrected chi connectivity index (χ2v) is 5.82. The van der Waals surface area contributed by atoms with E-state index in [1.165, 1.54) is 0 Å². The third-order valence-electron chi connectivity index (χ3n) is 3.84. The van der Waals surface area contributed by atoms with Gasteiger partial charge < -0.3 is 4.74 Å². The lowest BCUT2D eigenvalue weighted by Gasteiger charge is -2.08. The molecule has 0 aliphatic carbocycles. The van der Waals surface area contributed by atoms with Crippen LogP contribution in [0.4, 0.5) is 13.2 Å². The van der Waals surface area contributed by atoms with Crippen molar-refractivity contribution in [3.8, 4) is 16.9 Å². The number of Topliss-reactive ketones (excluding diaryl/α,β-unsaturated/α-hetero) is 1. The summed E-state index contributed by atoms with van der Waals surface area (Å²) < 4.78 is 41.7. The first-order chi connectivity index (χ1) is 12.0. The van der Waals surface area contributed by atoms with Gasteiger partial charge >= 0.3 is 6.18 Å². The van der Waals surface area contributed by atoms with E-state index in [4.69, 9.17) is 4.74 Å². The van der Waals surface area contributed by atoms with Crippen molar-refractivity contribution in [2.45, 2.75) is 38.3 Å².